The van der Waals surface area contributed by atoms with E-state index in [1.54, 1.807) is 20.9 Å². The van der Waals surface area contributed by atoms with E-state index in [9.17, 15) is 36.3 Å². The SMILES string of the molecule is C[C@H](CO)N1C[C@H](C)[C@@H](CN(C)C(=O)Nc2ccc(C(F)(F)F)cc2)Oc2c(NS(=O)(=O)c3cn(C)cn3)cccc2C1=O. The number of amides is 3. The number of aromatic nitrogens is 2. The molecule has 238 valence electrons. The van der Waals surface area contributed by atoms with Gasteiger partial charge in [0.05, 0.1) is 42.3 Å². The first kappa shape index (κ1) is 32.6. The Bertz CT molecular complexity index is 1610. The van der Waals surface area contributed by atoms with Crippen LogP contribution in [0.5, 0.6) is 5.75 Å². The Morgan fingerprint density at radius 1 is 1.23 bits per heavy atom. The van der Waals surface area contributed by atoms with Crippen LogP contribution in [0.2, 0.25) is 0 Å². The van der Waals surface area contributed by atoms with Crippen LogP contribution in [0.15, 0.2) is 60.0 Å². The van der Waals surface area contributed by atoms with Crippen LogP contribution in [0, 0.1) is 5.92 Å². The van der Waals surface area contributed by atoms with E-state index in [2.05, 4.69) is 15.0 Å². The number of rotatable bonds is 8. The number of sulfonamides is 1. The molecule has 2 aromatic carbocycles. The summed E-state index contributed by atoms with van der Waals surface area (Å²) in [5.74, 6) is -0.984. The first-order valence-corrected chi connectivity index (χ1v) is 15.0. The van der Waals surface area contributed by atoms with E-state index in [-0.39, 0.29) is 47.4 Å². The molecule has 0 aliphatic carbocycles. The first-order valence-electron chi connectivity index (χ1n) is 13.5. The number of hydrogen-bond acceptors (Lipinski definition) is 7. The van der Waals surface area contributed by atoms with Gasteiger partial charge in [0.1, 0.15) is 6.10 Å². The van der Waals surface area contributed by atoms with Gasteiger partial charge in [-0.25, -0.2) is 9.78 Å². The van der Waals surface area contributed by atoms with Crippen molar-refractivity contribution in [3.05, 3.63) is 66.1 Å². The fraction of sp³-hybridized carbons (Fsp3) is 0.393. The molecule has 0 bridgehead atoms. The zero-order valence-electron chi connectivity index (χ0n) is 24.4. The van der Waals surface area contributed by atoms with Gasteiger partial charge in [-0.2, -0.15) is 21.6 Å². The predicted molar refractivity (Wildman–Crippen MR) is 155 cm³/mol. The lowest BCUT2D eigenvalue weighted by molar-refractivity contribution is -0.137. The molecule has 1 aliphatic heterocycles. The summed E-state index contributed by atoms with van der Waals surface area (Å²) in [6, 6.07) is 7.15. The van der Waals surface area contributed by atoms with Crippen LogP contribution in [0.1, 0.15) is 29.8 Å². The number of aliphatic hydroxyl groups excluding tert-OH is 1. The number of ether oxygens (including phenoxy) is 1. The minimum Gasteiger partial charge on any atom is -0.485 e. The molecule has 2 heterocycles. The van der Waals surface area contributed by atoms with Gasteiger partial charge in [0.15, 0.2) is 10.8 Å². The van der Waals surface area contributed by atoms with Gasteiger partial charge < -0.3 is 29.5 Å². The number of alkyl halides is 3. The molecule has 4 rings (SSSR count). The summed E-state index contributed by atoms with van der Waals surface area (Å²) in [6.07, 6.45) is -2.68. The Hall–Kier alpha value is -4.31. The zero-order valence-corrected chi connectivity index (χ0v) is 25.2. The smallest absolute Gasteiger partial charge is 0.416 e. The normalized spacial score (nSPS) is 18.0. The number of benzene rings is 2. The van der Waals surface area contributed by atoms with Gasteiger partial charge in [0.25, 0.3) is 15.9 Å². The number of aliphatic hydroxyl groups is 1. The van der Waals surface area contributed by atoms with Crippen molar-refractivity contribution in [3.63, 3.8) is 0 Å². The molecular weight excluding hydrogens is 605 g/mol. The van der Waals surface area contributed by atoms with Crippen molar-refractivity contribution in [2.45, 2.75) is 37.2 Å². The molecule has 44 heavy (non-hydrogen) atoms. The average molecular weight is 639 g/mol. The maximum atomic E-state index is 13.6. The van der Waals surface area contributed by atoms with Gasteiger partial charge in [0, 0.05) is 38.4 Å². The number of carbonyl (C=O) groups is 2. The molecule has 0 saturated heterocycles. The van der Waals surface area contributed by atoms with Gasteiger partial charge in [-0.15, -0.1) is 0 Å². The van der Waals surface area contributed by atoms with Gasteiger partial charge in [-0.3, -0.25) is 9.52 Å². The number of urea groups is 1. The number of carbonyl (C=O) groups excluding carboxylic acids is 2. The highest BCUT2D eigenvalue weighted by Gasteiger charge is 2.36. The standard InChI is InChI=1S/C28H33F3N6O6S/c1-17-12-37(18(2)15-38)26(39)21-6-5-7-22(34-44(41,42)24-14-35(3)16-32-24)25(21)43-23(17)13-36(4)27(40)33-20-10-8-19(9-11-20)28(29,30)31/h5-11,14,16-18,23,34,38H,12-13,15H2,1-4H3,(H,33,40)/t17-,18+,23+/m0/s1. The van der Waals surface area contributed by atoms with E-state index in [1.165, 1.54) is 52.1 Å². The van der Waals surface area contributed by atoms with Crippen LogP contribution in [-0.4, -0.2) is 83.7 Å². The number of halogens is 3. The Balaban J connectivity index is 1.64. The number of imidazole rings is 1. The number of anilines is 2. The quantitative estimate of drug-likeness (QED) is 0.342. The molecule has 3 N–H and O–H groups in total. The first-order chi connectivity index (χ1) is 20.6. The maximum absolute atomic E-state index is 13.6. The third-order valence-electron chi connectivity index (χ3n) is 7.16. The fourth-order valence-electron chi connectivity index (χ4n) is 4.58. The summed E-state index contributed by atoms with van der Waals surface area (Å²) in [6.45, 7) is 3.20. The van der Waals surface area contributed by atoms with E-state index < -0.39 is 51.8 Å². The van der Waals surface area contributed by atoms with Crippen LogP contribution in [0.25, 0.3) is 0 Å². The number of fused-ring (bicyclic) bond motifs is 1. The lowest BCUT2D eigenvalue weighted by Gasteiger charge is -2.38. The summed E-state index contributed by atoms with van der Waals surface area (Å²) >= 11 is 0. The molecule has 3 atom stereocenters. The number of likely N-dealkylation sites (N-methyl/N-ethyl adjacent to an activating group) is 1. The minimum atomic E-state index is -4.52. The zero-order chi connectivity index (χ0) is 32.4. The van der Waals surface area contributed by atoms with Crippen LogP contribution in [0.4, 0.5) is 29.3 Å². The van der Waals surface area contributed by atoms with Crippen molar-refractivity contribution in [1.29, 1.82) is 0 Å². The summed E-state index contributed by atoms with van der Waals surface area (Å²) in [4.78, 5) is 33.3. The molecule has 0 unspecified atom stereocenters. The number of nitrogens with one attached hydrogen (secondary N) is 2. The largest absolute Gasteiger partial charge is 0.485 e. The lowest BCUT2D eigenvalue weighted by atomic mass is 9.99. The Morgan fingerprint density at radius 2 is 1.91 bits per heavy atom. The average Bonchev–Trinajstić information content (AvgIpc) is 3.41. The van der Waals surface area contributed by atoms with E-state index in [4.69, 9.17) is 4.74 Å². The third-order valence-corrected chi connectivity index (χ3v) is 8.41. The highest BCUT2D eigenvalue weighted by atomic mass is 32.2. The summed E-state index contributed by atoms with van der Waals surface area (Å²) in [5, 5.41) is 12.2. The number of nitrogens with zero attached hydrogens (tertiary/aromatic N) is 4. The van der Waals surface area contributed by atoms with Gasteiger partial charge in [-0.05, 0) is 43.3 Å². The van der Waals surface area contributed by atoms with Gasteiger partial charge in [-0.1, -0.05) is 13.0 Å². The monoisotopic (exact) mass is 638 g/mol. The molecule has 3 aromatic rings. The van der Waals surface area contributed by atoms with E-state index in [1.807, 2.05) is 0 Å². The second-order valence-electron chi connectivity index (χ2n) is 10.7. The van der Waals surface area contributed by atoms with Crippen molar-refractivity contribution in [2.24, 2.45) is 13.0 Å². The fourth-order valence-corrected chi connectivity index (χ4v) is 5.63. The van der Waals surface area contributed by atoms with Crippen molar-refractivity contribution in [1.82, 2.24) is 19.4 Å². The molecule has 0 saturated carbocycles. The van der Waals surface area contributed by atoms with Crippen molar-refractivity contribution in [3.8, 4) is 5.75 Å². The third kappa shape index (κ3) is 7.24. The molecule has 0 radical (unpaired) electrons. The molecule has 0 fully saturated rings. The van der Waals surface area contributed by atoms with Crippen molar-refractivity contribution < 1.29 is 41.0 Å². The summed E-state index contributed by atoms with van der Waals surface area (Å²) in [5.41, 5.74) is -0.703. The van der Waals surface area contributed by atoms with Crippen molar-refractivity contribution in [2.75, 3.05) is 36.8 Å². The second-order valence-corrected chi connectivity index (χ2v) is 12.3. The molecule has 12 nitrogen and oxygen atoms in total. The highest BCUT2D eigenvalue weighted by Crippen LogP contribution is 2.36. The second kappa shape index (κ2) is 12.7. The summed E-state index contributed by atoms with van der Waals surface area (Å²) < 4.78 is 75.2. The van der Waals surface area contributed by atoms with Gasteiger partial charge in [0.2, 0.25) is 0 Å². The molecule has 16 heteroatoms. The van der Waals surface area contributed by atoms with Crippen LogP contribution < -0.4 is 14.8 Å². The highest BCUT2D eigenvalue weighted by molar-refractivity contribution is 7.92. The van der Waals surface area contributed by atoms with E-state index >= 15 is 0 Å². The molecule has 1 aromatic heterocycles. The number of aryl methyl sites for hydroxylation is 1. The van der Waals surface area contributed by atoms with E-state index in [0.29, 0.717) is 0 Å². The lowest BCUT2D eigenvalue weighted by Crippen LogP contribution is -2.50. The molecular formula is C28H33F3N6O6S. The number of para-hydroxylation sites is 1. The van der Waals surface area contributed by atoms with E-state index in [0.717, 1.165) is 24.3 Å². The molecule has 1 aliphatic rings. The summed E-state index contributed by atoms with van der Waals surface area (Å²) in [7, 11) is -1.11. The van der Waals surface area contributed by atoms with Crippen LogP contribution in [0.3, 0.4) is 0 Å². The van der Waals surface area contributed by atoms with Crippen LogP contribution >= 0.6 is 0 Å². The Kier molecular flexibility index (Phi) is 9.44. The predicted octanol–water partition coefficient (Wildman–Crippen LogP) is 3.62. The topological polar surface area (TPSA) is 146 Å². The minimum absolute atomic E-state index is 0.0333. The van der Waals surface area contributed by atoms with Gasteiger partial charge >= 0.3 is 12.2 Å². The number of hydrogen-bond donors (Lipinski definition) is 3. The Morgan fingerprint density at radius 3 is 2.50 bits per heavy atom. The maximum Gasteiger partial charge on any atom is 0.416 e. The Labute approximate surface area is 252 Å². The van der Waals surface area contributed by atoms with Crippen molar-refractivity contribution >= 4 is 33.3 Å². The molecule has 0 spiro atoms. The molecule has 3 amide bonds. The van der Waals surface area contributed by atoms with Crippen LogP contribution in [-0.2, 0) is 23.2 Å².